The summed E-state index contributed by atoms with van der Waals surface area (Å²) in [6.45, 7) is 0.861. The maximum atomic E-state index is 12.8. The minimum Gasteiger partial charge on any atom is -0.375 e. The minimum atomic E-state index is -3.51. The first-order chi connectivity index (χ1) is 10.1. The molecule has 2 aliphatic rings. The van der Waals surface area contributed by atoms with E-state index < -0.39 is 10.0 Å². The van der Waals surface area contributed by atoms with E-state index in [1.807, 2.05) is 6.07 Å². The molecule has 0 unspecified atom stereocenters. The molecule has 0 amide bonds. The Hall–Kier alpha value is -1.42. The Morgan fingerprint density at radius 2 is 1.90 bits per heavy atom. The Morgan fingerprint density at radius 3 is 2.62 bits per heavy atom. The molecule has 0 spiro atoms. The van der Waals surface area contributed by atoms with Crippen LogP contribution in [0, 0.1) is 11.3 Å². The van der Waals surface area contributed by atoms with Gasteiger partial charge in [0.2, 0.25) is 10.0 Å². The lowest BCUT2D eigenvalue weighted by atomic mass is 9.91. The van der Waals surface area contributed by atoms with Crippen molar-refractivity contribution >= 4 is 10.0 Å². The van der Waals surface area contributed by atoms with Crippen molar-refractivity contribution in [2.75, 3.05) is 13.2 Å². The highest BCUT2D eigenvalue weighted by atomic mass is 32.2. The lowest BCUT2D eigenvalue weighted by Gasteiger charge is -2.42. The molecule has 0 radical (unpaired) electrons. The summed E-state index contributed by atoms with van der Waals surface area (Å²) in [6, 6.07) is 8.08. The summed E-state index contributed by atoms with van der Waals surface area (Å²) >= 11 is 0. The number of sulfonamides is 1. The first-order valence-electron chi connectivity index (χ1n) is 7.26. The quantitative estimate of drug-likeness (QED) is 0.836. The van der Waals surface area contributed by atoms with Crippen LogP contribution >= 0.6 is 0 Å². The fourth-order valence-electron chi connectivity index (χ4n) is 3.20. The predicted molar refractivity (Wildman–Crippen MR) is 77.0 cm³/mol. The second-order valence-corrected chi connectivity index (χ2v) is 7.40. The van der Waals surface area contributed by atoms with Crippen LogP contribution in [0.2, 0.25) is 0 Å². The lowest BCUT2D eigenvalue weighted by Crippen LogP contribution is -2.54. The molecule has 0 bridgehead atoms. The normalized spacial score (nSPS) is 26.8. The number of nitrogens with zero attached hydrogens (tertiary/aromatic N) is 2. The molecule has 1 aromatic rings. The molecular weight excluding hydrogens is 288 g/mol. The molecule has 2 fully saturated rings. The van der Waals surface area contributed by atoms with Gasteiger partial charge < -0.3 is 4.74 Å². The van der Waals surface area contributed by atoms with E-state index in [1.165, 1.54) is 12.1 Å². The fourth-order valence-corrected chi connectivity index (χ4v) is 4.86. The van der Waals surface area contributed by atoms with Crippen LogP contribution in [0.15, 0.2) is 29.2 Å². The van der Waals surface area contributed by atoms with Gasteiger partial charge >= 0.3 is 0 Å². The molecule has 3 rings (SSSR count). The largest absolute Gasteiger partial charge is 0.375 e. The van der Waals surface area contributed by atoms with Crippen LogP contribution in [-0.4, -0.2) is 38.0 Å². The van der Waals surface area contributed by atoms with Crippen molar-refractivity contribution in [2.45, 2.75) is 42.7 Å². The molecule has 1 aliphatic heterocycles. The van der Waals surface area contributed by atoms with Gasteiger partial charge in [-0.05, 0) is 37.1 Å². The Morgan fingerprint density at radius 1 is 1.19 bits per heavy atom. The van der Waals surface area contributed by atoms with E-state index in [1.54, 1.807) is 16.4 Å². The predicted octanol–water partition coefficient (Wildman–Crippen LogP) is 1.89. The first kappa shape index (κ1) is 14.5. The maximum absolute atomic E-state index is 12.8. The topological polar surface area (TPSA) is 70.4 Å². The summed E-state index contributed by atoms with van der Waals surface area (Å²) in [5.74, 6) is 0. The fraction of sp³-hybridized carbons (Fsp3) is 0.533. The first-order valence-corrected chi connectivity index (χ1v) is 8.70. The maximum Gasteiger partial charge on any atom is 0.243 e. The van der Waals surface area contributed by atoms with Crippen LogP contribution in [0.3, 0.4) is 0 Å². The van der Waals surface area contributed by atoms with Crippen molar-refractivity contribution < 1.29 is 13.2 Å². The monoisotopic (exact) mass is 306 g/mol. The van der Waals surface area contributed by atoms with E-state index in [0.717, 1.165) is 25.7 Å². The molecule has 112 valence electrons. The second kappa shape index (κ2) is 5.76. The van der Waals surface area contributed by atoms with Crippen molar-refractivity contribution in [1.82, 2.24) is 4.31 Å². The lowest BCUT2D eigenvalue weighted by molar-refractivity contribution is -0.0586. The molecule has 6 heteroatoms. The molecule has 1 saturated carbocycles. The van der Waals surface area contributed by atoms with Crippen molar-refractivity contribution in [3.8, 4) is 6.07 Å². The Bertz CT molecular complexity index is 646. The molecule has 1 aromatic carbocycles. The highest BCUT2D eigenvalue weighted by Gasteiger charge is 2.40. The smallest absolute Gasteiger partial charge is 0.243 e. The van der Waals surface area contributed by atoms with Crippen LogP contribution in [-0.2, 0) is 14.8 Å². The van der Waals surface area contributed by atoms with Gasteiger partial charge in [-0.15, -0.1) is 0 Å². The van der Waals surface area contributed by atoms with E-state index in [2.05, 4.69) is 0 Å². The van der Waals surface area contributed by atoms with Crippen LogP contribution < -0.4 is 0 Å². The molecule has 1 heterocycles. The summed E-state index contributed by atoms with van der Waals surface area (Å²) in [4.78, 5) is 0.257. The van der Waals surface area contributed by atoms with Gasteiger partial charge in [-0.2, -0.15) is 9.57 Å². The van der Waals surface area contributed by atoms with Crippen molar-refractivity contribution in [3.63, 3.8) is 0 Å². The molecule has 2 atom stereocenters. The van der Waals surface area contributed by atoms with Crippen LogP contribution in [0.25, 0.3) is 0 Å². The summed E-state index contributed by atoms with van der Waals surface area (Å²) in [5, 5.41) is 8.81. The van der Waals surface area contributed by atoms with Crippen molar-refractivity contribution in [2.24, 2.45) is 0 Å². The van der Waals surface area contributed by atoms with Crippen molar-refractivity contribution in [1.29, 1.82) is 5.26 Å². The molecule has 1 saturated heterocycles. The van der Waals surface area contributed by atoms with Gasteiger partial charge in [0.15, 0.2) is 0 Å². The third-order valence-corrected chi connectivity index (χ3v) is 6.21. The SMILES string of the molecule is N#Cc1ccc(S(=O)(=O)N2CCO[C@H]3CCCC[C@H]32)cc1. The van der Waals surface area contributed by atoms with Gasteiger partial charge in [0.05, 0.1) is 35.3 Å². The van der Waals surface area contributed by atoms with E-state index >= 15 is 0 Å². The Labute approximate surface area is 125 Å². The number of morpholine rings is 1. The summed E-state index contributed by atoms with van der Waals surface area (Å²) < 4.78 is 33.0. The molecule has 1 aliphatic carbocycles. The number of nitriles is 1. The van der Waals surface area contributed by atoms with Gasteiger partial charge in [0, 0.05) is 6.54 Å². The number of hydrogen-bond donors (Lipinski definition) is 0. The highest BCUT2D eigenvalue weighted by molar-refractivity contribution is 7.89. The molecule has 5 nitrogen and oxygen atoms in total. The zero-order valence-corrected chi connectivity index (χ0v) is 12.6. The molecular formula is C15H18N2O3S. The number of benzene rings is 1. The summed E-state index contributed by atoms with van der Waals surface area (Å²) in [5.41, 5.74) is 0.464. The summed E-state index contributed by atoms with van der Waals surface area (Å²) in [6.07, 6.45) is 3.97. The van der Waals surface area contributed by atoms with E-state index in [4.69, 9.17) is 10.00 Å². The van der Waals surface area contributed by atoms with Gasteiger partial charge in [-0.1, -0.05) is 12.8 Å². The van der Waals surface area contributed by atoms with Crippen LogP contribution in [0.4, 0.5) is 0 Å². The summed E-state index contributed by atoms with van der Waals surface area (Å²) in [7, 11) is -3.51. The number of hydrogen-bond acceptors (Lipinski definition) is 4. The average molecular weight is 306 g/mol. The number of rotatable bonds is 2. The van der Waals surface area contributed by atoms with Gasteiger partial charge in [-0.3, -0.25) is 0 Å². The van der Waals surface area contributed by atoms with Gasteiger partial charge in [0.25, 0.3) is 0 Å². The third kappa shape index (κ3) is 2.69. The van der Waals surface area contributed by atoms with Crippen LogP contribution in [0.5, 0.6) is 0 Å². The average Bonchev–Trinajstić information content (AvgIpc) is 2.54. The molecule has 21 heavy (non-hydrogen) atoms. The highest BCUT2D eigenvalue weighted by Crippen LogP contribution is 2.32. The number of fused-ring (bicyclic) bond motifs is 1. The third-order valence-electron chi connectivity index (χ3n) is 4.27. The standard InChI is InChI=1S/C15H18N2O3S/c16-11-12-5-7-13(8-6-12)21(18,19)17-9-10-20-15-4-2-1-3-14(15)17/h5-8,14-15H,1-4,9-10H2/t14-,15+/m1/s1. The van der Waals surface area contributed by atoms with Crippen LogP contribution in [0.1, 0.15) is 31.2 Å². The Kier molecular flexibility index (Phi) is 3.98. The van der Waals surface area contributed by atoms with Crippen molar-refractivity contribution in [3.05, 3.63) is 29.8 Å². The van der Waals surface area contributed by atoms with E-state index in [9.17, 15) is 8.42 Å². The van der Waals surface area contributed by atoms with E-state index in [0.29, 0.717) is 18.7 Å². The molecule has 0 aromatic heterocycles. The zero-order chi connectivity index (χ0) is 14.9. The number of ether oxygens (including phenoxy) is 1. The zero-order valence-electron chi connectivity index (χ0n) is 11.7. The van der Waals surface area contributed by atoms with Gasteiger partial charge in [-0.25, -0.2) is 8.42 Å². The van der Waals surface area contributed by atoms with Gasteiger partial charge in [0.1, 0.15) is 0 Å². The second-order valence-electron chi connectivity index (χ2n) is 5.51. The Balaban J connectivity index is 1.90. The molecule has 0 N–H and O–H groups in total. The minimum absolute atomic E-state index is 0.0284. The van der Waals surface area contributed by atoms with E-state index in [-0.39, 0.29) is 17.0 Å².